The summed E-state index contributed by atoms with van der Waals surface area (Å²) >= 11 is 0. The predicted molar refractivity (Wildman–Crippen MR) is 122 cm³/mol. The Hall–Kier alpha value is -3.19. The number of amides is 2. The fraction of sp³-hybridized carbons (Fsp3) is 0.423. The standard InChI is InChI=1S/C26H30N2O5/c1-2-33-25(32)22-23(30)24(31)28(18-20-11-7-4-8-12-20)26(22)13-15-27(16-14-26)21(29)17-19-9-5-3-6-10-19/h3-12,22-23,30H,2,13-18H2,1H3/t22-,23-/m1/s1. The van der Waals surface area contributed by atoms with Crippen LogP contribution in [-0.4, -0.2) is 64.0 Å². The van der Waals surface area contributed by atoms with Crippen molar-refractivity contribution in [1.29, 1.82) is 0 Å². The van der Waals surface area contributed by atoms with Crippen molar-refractivity contribution in [3.05, 3.63) is 71.8 Å². The second-order valence-corrected chi connectivity index (χ2v) is 8.73. The zero-order valence-electron chi connectivity index (χ0n) is 18.9. The van der Waals surface area contributed by atoms with Gasteiger partial charge in [-0.15, -0.1) is 0 Å². The highest BCUT2D eigenvalue weighted by Crippen LogP contribution is 2.45. The minimum absolute atomic E-state index is 0.0169. The number of aliphatic hydroxyl groups excluding tert-OH is 1. The van der Waals surface area contributed by atoms with Gasteiger partial charge in [-0.3, -0.25) is 14.4 Å². The van der Waals surface area contributed by atoms with Crippen molar-refractivity contribution in [2.24, 2.45) is 5.92 Å². The number of benzene rings is 2. The number of hydrogen-bond acceptors (Lipinski definition) is 5. The fourth-order valence-corrected chi connectivity index (χ4v) is 5.17. The molecule has 1 spiro atoms. The Kier molecular flexibility index (Phi) is 6.79. The quantitative estimate of drug-likeness (QED) is 0.682. The number of likely N-dealkylation sites (tertiary alicyclic amines) is 2. The van der Waals surface area contributed by atoms with E-state index in [1.807, 2.05) is 60.7 Å². The van der Waals surface area contributed by atoms with Crippen LogP contribution in [0.3, 0.4) is 0 Å². The lowest BCUT2D eigenvalue weighted by Crippen LogP contribution is -2.58. The molecule has 4 rings (SSSR count). The molecule has 174 valence electrons. The van der Waals surface area contributed by atoms with Crippen LogP contribution in [0.4, 0.5) is 0 Å². The Bertz CT molecular complexity index is 986. The molecule has 0 radical (unpaired) electrons. The summed E-state index contributed by atoms with van der Waals surface area (Å²) in [5.74, 6) is -1.97. The number of nitrogens with zero attached hydrogens (tertiary/aromatic N) is 2. The maximum Gasteiger partial charge on any atom is 0.314 e. The van der Waals surface area contributed by atoms with Gasteiger partial charge in [0.25, 0.3) is 5.91 Å². The Morgan fingerprint density at radius 1 is 1.00 bits per heavy atom. The smallest absolute Gasteiger partial charge is 0.314 e. The zero-order chi connectivity index (χ0) is 23.4. The first-order chi connectivity index (χ1) is 16.0. The third-order valence-corrected chi connectivity index (χ3v) is 6.86. The molecule has 0 bridgehead atoms. The van der Waals surface area contributed by atoms with E-state index in [9.17, 15) is 19.5 Å². The molecule has 2 aromatic carbocycles. The van der Waals surface area contributed by atoms with Gasteiger partial charge in [-0.1, -0.05) is 60.7 Å². The predicted octanol–water partition coefficient (Wildman–Crippen LogP) is 2.17. The minimum Gasteiger partial charge on any atom is -0.466 e. The summed E-state index contributed by atoms with van der Waals surface area (Å²) in [5.41, 5.74) is 0.983. The van der Waals surface area contributed by atoms with E-state index in [0.29, 0.717) is 38.9 Å². The average Bonchev–Trinajstić information content (AvgIpc) is 3.02. The number of carbonyl (C=O) groups is 3. The van der Waals surface area contributed by atoms with E-state index in [2.05, 4.69) is 0 Å². The molecular weight excluding hydrogens is 420 g/mol. The van der Waals surface area contributed by atoms with Crippen molar-refractivity contribution in [2.75, 3.05) is 19.7 Å². The number of piperidine rings is 1. The molecule has 2 aliphatic rings. The van der Waals surface area contributed by atoms with Crippen molar-refractivity contribution in [2.45, 2.75) is 44.4 Å². The molecule has 0 aliphatic carbocycles. The number of aliphatic hydroxyl groups is 1. The molecule has 0 saturated carbocycles. The van der Waals surface area contributed by atoms with Crippen LogP contribution in [-0.2, 0) is 32.1 Å². The molecule has 2 aliphatic heterocycles. The van der Waals surface area contributed by atoms with Crippen molar-refractivity contribution in [3.8, 4) is 0 Å². The van der Waals surface area contributed by atoms with Crippen molar-refractivity contribution in [1.82, 2.24) is 9.80 Å². The lowest BCUT2D eigenvalue weighted by atomic mass is 9.75. The Morgan fingerprint density at radius 3 is 2.15 bits per heavy atom. The number of rotatable bonds is 6. The highest BCUT2D eigenvalue weighted by molar-refractivity contribution is 5.93. The maximum atomic E-state index is 13.1. The van der Waals surface area contributed by atoms with Gasteiger partial charge in [-0.25, -0.2) is 0 Å². The largest absolute Gasteiger partial charge is 0.466 e. The van der Waals surface area contributed by atoms with Gasteiger partial charge in [0, 0.05) is 19.6 Å². The average molecular weight is 451 g/mol. The molecule has 2 saturated heterocycles. The molecule has 7 heteroatoms. The van der Waals surface area contributed by atoms with Crippen LogP contribution in [0.15, 0.2) is 60.7 Å². The van der Waals surface area contributed by atoms with E-state index in [4.69, 9.17) is 4.74 Å². The summed E-state index contributed by atoms with van der Waals surface area (Å²) in [6.45, 7) is 3.00. The van der Waals surface area contributed by atoms with Crippen molar-refractivity contribution < 1.29 is 24.2 Å². The van der Waals surface area contributed by atoms with Gasteiger partial charge in [0.15, 0.2) is 0 Å². The van der Waals surface area contributed by atoms with Gasteiger partial charge >= 0.3 is 5.97 Å². The highest BCUT2D eigenvalue weighted by atomic mass is 16.5. The van der Waals surface area contributed by atoms with Gasteiger partial charge in [0.2, 0.25) is 5.91 Å². The van der Waals surface area contributed by atoms with Gasteiger partial charge in [-0.05, 0) is 30.9 Å². The summed E-state index contributed by atoms with van der Waals surface area (Å²) in [4.78, 5) is 42.4. The van der Waals surface area contributed by atoms with Gasteiger partial charge in [0.05, 0.1) is 18.6 Å². The summed E-state index contributed by atoms with van der Waals surface area (Å²) in [6, 6.07) is 19.1. The number of carbonyl (C=O) groups excluding carboxylic acids is 3. The van der Waals surface area contributed by atoms with Crippen molar-refractivity contribution in [3.63, 3.8) is 0 Å². The number of esters is 1. The van der Waals surface area contributed by atoms with E-state index in [1.54, 1.807) is 16.7 Å². The van der Waals surface area contributed by atoms with Crippen LogP contribution in [0, 0.1) is 5.92 Å². The van der Waals surface area contributed by atoms with Crippen LogP contribution < -0.4 is 0 Å². The van der Waals surface area contributed by atoms with Gasteiger partial charge in [0.1, 0.15) is 12.0 Å². The van der Waals surface area contributed by atoms with E-state index in [1.165, 1.54) is 0 Å². The molecule has 1 N–H and O–H groups in total. The van der Waals surface area contributed by atoms with Crippen LogP contribution >= 0.6 is 0 Å². The van der Waals surface area contributed by atoms with E-state index < -0.39 is 29.4 Å². The first kappa shape index (κ1) is 23.0. The SMILES string of the molecule is CCOC(=O)[C@H]1[C@@H](O)C(=O)N(Cc2ccccc2)C12CCN(C(=O)Cc1ccccc1)CC2. The van der Waals surface area contributed by atoms with Crippen LogP contribution in [0.5, 0.6) is 0 Å². The molecule has 7 nitrogen and oxygen atoms in total. The number of ether oxygens (including phenoxy) is 1. The Labute approximate surface area is 193 Å². The normalized spacial score (nSPS) is 21.9. The summed E-state index contributed by atoms with van der Waals surface area (Å²) < 4.78 is 5.27. The van der Waals surface area contributed by atoms with Crippen LogP contribution in [0.25, 0.3) is 0 Å². The first-order valence-corrected chi connectivity index (χ1v) is 11.5. The zero-order valence-corrected chi connectivity index (χ0v) is 18.9. The second kappa shape index (κ2) is 9.75. The topological polar surface area (TPSA) is 87.2 Å². The lowest BCUT2D eigenvalue weighted by molar-refractivity contribution is -0.156. The molecule has 0 aromatic heterocycles. The Balaban J connectivity index is 1.57. The summed E-state index contributed by atoms with van der Waals surface area (Å²) in [6.07, 6.45) is -0.316. The van der Waals surface area contributed by atoms with Crippen LogP contribution in [0.2, 0.25) is 0 Å². The maximum absolute atomic E-state index is 13.1. The van der Waals surface area contributed by atoms with Gasteiger partial charge < -0.3 is 19.6 Å². The van der Waals surface area contributed by atoms with E-state index in [-0.39, 0.29) is 12.5 Å². The molecule has 0 unspecified atom stereocenters. The monoisotopic (exact) mass is 450 g/mol. The summed E-state index contributed by atoms with van der Waals surface area (Å²) in [5, 5.41) is 10.8. The molecule has 2 aromatic rings. The number of hydrogen-bond donors (Lipinski definition) is 1. The Morgan fingerprint density at radius 2 is 1.58 bits per heavy atom. The minimum atomic E-state index is -1.45. The van der Waals surface area contributed by atoms with E-state index in [0.717, 1.165) is 11.1 Å². The lowest BCUT2D eigenvalue weighted by Gasteiger charge is -2.47. The first-order valence-electron chi connectivity index (χ1n) is 11.5. The van der Waals surface area contributed by atoms with Gasteiger partial charge in [-0.2, -0.15) is 0 Å². The molecule has 2 heterocycles. The fourth-order valence-electron chi connectivity index (χ4n) is 5.17. The van der Waals surface area contributed by atoms with Crippen LogP contribution in [0.1, 0.15) is 30.9 Å². The molecule has 2 atom stereocenters. The second-order valence-electron chi connectivity index (χ2n) is 8.73. The van der Waals surface area contributed by atoms with Crippen molar-refractivity contribution >= 4 is 17.8 Å². The third kappa shape index (κ3) is 4.50. The molecule has 2 amide bonds. The molecule has 33 heavy (non-hydrogen) atoms. The molecular formula is C26H30N2O5. The molecule has 2 fully saturated rings. The summed E-state index contributed by atoms with van der Waals surface area (Å²) in [7, 11) is 0. The third-order valence-electron chi connectivity index (χ3n) is 6.86. The highest BCUT2D eigenvalue weighted by Gasteiger charge is 2.62. The van der Waals surface area contributed by atoms with E-state index >= 15 is 0 Å².